The van der Waals surface area contributed by atoms with Gasteiger partial charge >= 0.3 is 0 Å². The highest BCUT2D eigenvalue weighted by Crippen LogP contribution is 2.08. The van der Waals surface area contributed by atoms with E-state index in [0.717, 1.165) is 0 Å². The van der Waals surface area contributed by atoms with Crippen LogP contribution in [-0.4, -0.2) is 11.9 Å². The van der Waals surface area contributed by atoms with Gasteiger partial charge in [-0.2, -0.15) is 0 Å². The third-order valence-corrected chi connectivity index (χ3v) is 1.51. The monoisotopic (exact) mass is 182 g/mol. The molecule has 0 fully saturated rings. The van der Waals surface area contributed by atoms with Crippen molar-refractivity contribution in [1.29, 1.82) is 0 Å². The second-order valence-electron chi connectivity index (χ2n) is 2.79. The fourth-order valence-corrected chi connectivity index (χ4v) is 0.822. The Morgan fingerprint density at radius 3 is 2.85 bits per heavy atom. The van der Waals surface area contributed by atoms with Gasteiger partial charge in [0.1, 0.15) is 5.82 Å². The van der Waals surface area contributed by atoms with Crippen LogP contribution >= 0.6 is 0 Å². The molecule has 0 saturated carbocycles. The van der Waals surface area contributed by atoms with Crippen LogP contribution in [0, 0.1) is 5.82 Å². The van der Waals surface area contributed by atoms with Gasteiger partial charge in [0.05, 0.1) is 6.04 Å². The van der Waals surface area contributed by atoms with Crippen LogP contribution in [0.2, 0.25) is 0 Å². The highest BCUT2D eigenvalue weighted by atomic mass is 19.1. The van der Waals surface area contributed by atoms with Crippen molar-refractivity contribution in [2.75, 3.05) is 5.32 Å². The second kappa shape index (κ2) is 4.00. The summed E-state index contributed by atoms with van der Waals surface area (Å²) in [6.45, 7) is 1.56. The molecule has 0 spiro atoms. The minimum absolute atomic E-state index is 0.328. The normalized spacial score (nSPS) is 12.2. The maximum Gasteiger partial charge on any atom is 0.241 e. The predicted octanol–water partition coefficient (Wildman–Crippen LogP) is 1.11. The molecule has 0 heterocycles. The Kier molecular flexibility index (Phi) is 2.97. The van der Waals surface area contributed by atoms with Gasteiger partial charge in [-0.25, -0.2) is 4.39 Å². The minimum Gasteiger partial charge on any atom is -0.325 e. The molecule has 3 N–H and O–H groups in total. The average molecular weight is 182 g/mol. The van der Waals surface area contributed by atoms with E-state index < -0.39 is 6.04 Å². The molecule has 3 nitrogen and oxygen atoms in total. The number of hydrogen-bond donors (Lipinski definition) is 2. The summed E-state index contributed by atoms with van der Waals surface area (Å²) in [4.78, 5) is 11.1. The molecule has 1 atom stereocenters. The number of hydrogen-bond acceptors (Lipinski definition) is 2. The maximum atomic E-state index is 12.6. The van der Waals surface area contributed by atoms with Gasteiger partial charge in [0.25, 0.3) is 0 Å². The number of benzene rings is 1. The second-order valence-corrected chi connectivity index (χ2v) is 2.79. The first kappa shape index (κ1) is 9.67. The SMILES string of the molecule is C[C@H](N)C(=O)Nc1cccc(F)c1. The van der Waals surface area contributed by atoms with Crippen molar-refractivity contribution in [3.05, 3.63) is 30.1 Å². The molecule has 0 aromatic heterocycles. The van der Waals surface area contributed by atoms with E-state index in [9.17, 15) is 9.18 Å². The van der Waals surface area contributed by atoms with Gasteiger partial charge in [-0.1, -0.05) is 6.07 Å². The lowest BCUT2D eigenvalue weighted by molar-refractivity contribution is -0.117. The van der Waals surface area contributed by atoms with Crippen molar-refractivity contribution in [2.24, 2.45) is 5.73 Å². The maximum absolute atomic E-state index is 12.6. The molecule has 4 heteroatoms. The Morgan fingerprint density at radius 1 is 1.62 bits per heavy atom. The van der Waals surface area contributed by atoms with E-state index in [1.807, 2.05) is 0 Å². The lowest BCUT2D eigenvalue weighted by Crippen LogP contribution is -2.32. The lowest BCUT2D eigenvalue weighted by Gasteiger charge is -2.06. The molecule has 0 saturated heterocycles. The molecule has 1 rings (SSSR count). The number of carbonyl (C=O) groups is 1. The quantitative estimate of drug-likeness (QED) is 0.719. The molecule has 1 aromatic rings. The van der Waals surface area contributed by atoms with Gasteiger partial charge in [-0.05, 0) is 25.1 Å². The van der Waals surface area contributed by atoms with Crippen molar-refractivity contribution in [3.63, 3.8) is 0 Å². The van der Waals surface area contributed by atoms with Crippen molar-refractivity contribution < 1.29 is 9.18 Å². The fourth-order valence-electron chi connectivity index (χ4n) is 0.822. The zero-order chi connectivity index (χ0) is 9.84. The summed E-state index contributed by atoms with van der Waals surface area (Å²) in [6.07, 6.45) is 0. The summed E-state index contributed by atoms with van der Waals surface area (Å²) in [6, 6.07) is 5.07. The molecular formula is C9H11FN2O. The number of amides is 1. The molecule has 0 aliphatic carbocycles. The zero-order valence-electron chi connectivity index (χ0n) is 7.25. The first-order valence-electron chi connectivity index (χ1n) is 3.91. The van der Waals surface area contributed by atoms with Gasteiger partial charge in [0, 0.05) is 5.69 Å². The Balaban J connectivity index is 2.69. The molecule has 0 aliphatic heterocycles. The van der Waals surface area contributed by atoms with E-state index in [2.05, 4.69) is 5.32 Å². The molecular weight excluding hydrogens is 171 g/mol. The molecule has 1 aromatic carbocycles. The predicted molar refractivity (Wildman–Crippen MR) is 48.7 cm³/mol. The fraction of sp³-hybridized carbons (Fsp3) is 0.222. The van der Waals surface area contributed by atoms with Gasteiger partial charge in [0.2, 0.25) is 5.91 Å². The van der Waals surface area contributed by atoms with Gasteiger partial charge in [-0.15, -0.1) is 0 Å². The first-order valence-corrected chi connectivity index (χ1v) is 3.91. The largest absolute Gasteiger partial charge is 0.325 e. The summed E-state index contributed by atoms with van der Waals surface area (Å²) in [5, 5.41) is 2.48. The van der Waals surface area contributed by atoms with Gasteiger partial charge in [0.15, 0.2) is 0 Å². The summed E-state index contributed by atoms with van der Waals surface area (Å²) in [5.74, 6) is -0.715. The highest BCUT2D eigenvalue weighted by molar-refractivity contribution is 5.94. The first-order chi connectivity index (χ1) is 6.09. The van der Waals surface area contributed by atoms with Crippen molar-refractivity contribution in [1.82, 2.24) is 0 Å². The van der Waals surface area contributed by atoms with Crippen LogP contribution in [0.25, 0.3) is 0 Å². The number of halogens is 1. The van der Waals surface area contributed by atoms with E-state index >= 15 is 0 Å². The third kappa shape index (κ3) is 2.83. The topological polar surface area (TPSA) is 55.1 Å². The van der Waals surface area contributed by atoms with Crippen molar-refractivity contribution in [3.8, 4) is 0 Å². The Labute approximate surface area is 75.7 Å². The third-order valence-electron chi connectivity index (χ3n) is 1.51. The van der Waals surface area contributed by atoms with Crippen LogP contribution < -0.4 is 11.1 Å². The van der Waals surface area contributed by atoms with Crippen LogP contribution in [0.4, 0.5) is 10.1 Å². The number of carbonyl (C=O) groups excluding carboxylic acids is 1. The molecule has 13 heavy (non-hydrogen) atoms. The van der Waals surface area contributed by atoms with Crippen LogP contribution in [0.1, 0.15) is 6.92 Å². The lowest BCUT2D eigenvalue weighted by atomic mass is 10.3. The van der Waals surface area contributed by atoms with E-state index in [1.165, 1.54) is 18.2 Å². The highest BCUT2D eigenvalue weighted by Gasteiger charge is 2.06. The van der Waals surface area contributed by atoms with Crippen molar-refractivity contribution >= 4 is 11.6 Å². The zero-order valence-corrected chi connectivity index (χ0v) is 7.25. The number of nitrogens with one attached hydrogen (secondary N) is 1. The van der Waals surface area contributed by atoms with E-state index in [1.54, 1.807) is 13.0 Å². The molecule has 0 bridgehead atoms. The Hall–Kier alpha value is -1.42. The molecule has 0 radical (unpaired) electrons. The molecule has 0 aliphatic rings. The van der Waals surface area contributed by atoms with E-state index in [-0.39, 0.29) is 11.7 Å². The summed E-state index contributed by atoms with van der Waals surface area (Å²) < 4.78 is 12.6. The standard InChI is InChI=1S/C9H11FN2O/c1-6(11)9(13)12-8-4-2-3-7(10)5-8/h2-6H,11H2,1H3,(H,12,13)/t6-/m0/s1. The van der Waals surface area contributed by atoms with Gasteiger partial charge < -0.3 is 11.1 Å². The number of rotatable bonds is 2. The van der Waals surface area contributed by atoms with Crippen LogP contribution in [0.15, 0.2) is 24.3 Å². The van der Waals surface area contributed by atoms with Crippen LogP contribution in [0.3, 0.4) is 0 Å². The smallest absolute Gasteiger partial charge is 0.241 e. The molecule has 70 valence electrons. The number of anilines is 1. The van der Waals surface area contributed by atoms with Crippen LogP contribution in [0.5, 0.6) is 0 Å². The van der Waals surface area contributed by atoms with Crippen LogP contribution in [-0.2, 0) is 4.79 Å². The van der Waals surface area contributed by atoms with Gasteiger partial charge in [-0.3, -0.25) is 4.79 Å². The van der Waals surface area contributed by atoms with E-state index in [4.69, 9.17) is 5.73 Å². The van der Waals surface area contributed by atoms with Crippen molar-refractivity contribution in [2.45, 2.75) is 13.0 Å². The minimum atomic E-state index is -0.594. The summed E-state index contributed by atoms with van der Waals surface area (Å²) in [5.41, 5.74) is 5.73. The molecule has 0 unspecified atom stereocenters. The number of nitrogens with two attached hydrogens (primary N) is 1. The Bertz CT molecular complexity index is 312. The van der Waals surface area contributed by atoms with E-state index in [0.29, 0.717) is 5.69 Å². The Morgan fingerprint density at radius 2 is 2.31 bits per heavy atom. The molecule has 1 amide bonds. The summed E-state index contributed by atoms with van der Waals surface area (Å²) >= 11 is 0. The summed E-state index contributed by atoms with van der Waals surface area (Å²) in [7, 11) is 0. The average Bonchev–Trinajstić information content (AvgIpc) is 2.04.